The van der Waals surface area contributed by atoms with Gasteiger partial charge in [-0.25, -0.2) is 0 Å². The Hall–Kier alpha value is -4.20. The fourth-order valence-corrected chi connectivity index (χ4v) is 5.63. The lowest BCUT2D eigenvalue weighted by Crippen LogP contribution is -2.46. The largest absolute Gasteiger partial charge is 0.509 e. The number of allylic oxidation sites excluding steroid dienone is 12. The number of rotatable bonds is 9. The van der Waals surface area contributed by atoms with E-state index >= 15 is 0 Å². The van der Waals surface area contributed by atoms with Crippen molar-refractivity contribution in [3.63, 3.8) is 0 Å². The van der Waals surface area contributed by atoms with E-state index in [4.69, 9.17) is 0 Å². The summed E-state index contributed by atoms with van der Waals surface area (Å²) >= 11 is 0. The third-order valence-electron chi connectivity index (χ3n) is 8.52. The molecule has 0 heterocycles. The molecule has 0 saturated carbocycles. The van der Waals surface area contributed by atoms with Crippen LogP contribution in [0.5, 0.6) is 0 Å². The van der Waals surface area contributed by atoms with Gasteiger partial charge in [-0.2, -0.15) is 0 Å². The second-order valence-corrected chi connectivity index (χ2v) is 11.4. The van der Waals surface area contributed by atoms with Crippen LogP contribution in [0.1, 0.15) is 38.8 Å². The van der Waals surface area contributed by atoms with Crippen LogP contribution in [-0.2, 0) is 0 Å². The molecule has 0 aliphatic heterocycles. The highest BCUT2D eigenvalue weighted by molar-refractivity contribution is 5.62. The summed E-state index contributed by atoms with van der Waals surface area (Å²) in [6, 6.07) is 19.7. The molecule has 2 aliphatic rings. The quantitative estimate of drug-likeness (QED) is 0.184. The van der Waals surface area contributed by atoms with Gasteiger partial charge in [-0.05, 0) is 58.4 Å². The van der Waals surface area contributed by atoms with E-state index in [1.54, 1.807) is 13.8 Å². The van der Waals surface area contributed by atoms with Gasteiger partial charge in [-0.3, -0.25) is 0 Å². The van der Waals surface area contributed by atoms with Gasteiger partial charge in [0.05, 0.1) is 0 Å². The van der Waals surface area contributed by atoms with Crippen molar-refractivity contribution in [2.75, 3.05) is 0 Å². The average Bonchev–Trinajstić information content (AvgIpc) is 3.05. The first-order valence-corrected chi connectivity index (χ1v) is 14.8. The van der Waals surface area contributed by atoms with Crippen molar-refractivity contribution < 1.29 is 30.6 Å². The Morgan fingerprint density at radius 1 is 0.591 bits per heavy atom. The monoisotopic (exact) mass is 594 g/mol. The van der Waals surface area contributed by atoms with Gasteiger partial charge in [0.25, 0.3) is 0 Å². The lowest BCUT2D eigenvalue weighted by atomic mass is 9.82. The number of aliphatic hydroxyl groups excluding tert-OH is 6. The van der Waals surface area contributed by atoms with Gasteiger partial charge in [0.2, 0.25) is 0 Å². The number of benzene rings is 2. The Labute approximate surface area is 259 Å². The molecule has 2 aliphatic carbocycles. The molecule has 0 bridgehead atoms. The van der Waals surface area contributed by atoms with Gasteiger partial charge in [0, 0.05) is 11.8 Å². The van der Waals surface area contributed by atoms with Crippen molar-refractivity contribution in [3.05, 3.63) is 153 Å². The third kappa shape index (κ3) is 7.29. The minimum Gasteiger partial charge on any atom is -0.509 e. The molecular formula is C38H42O6. The van der Waals surface area contributed by atoms with Crippen LogP contribution >= 0.6 is 0 Å². The highest BCUT2D eigenvalue weighted by Gasteiger charge is 2.36. The van der Waals surface area contributed by atoms with Crippen molar-refractivity contribution in [1.29, 1.82) is 0 Å². The summed E-state index contributed by atoms with van der Waals surface area (Å²) in [5.74, 6) is -1.31. The highest BCUT2D eigenvalue weighted by atomic mass is 16.4. The standard InChI is InChI=1S/C38H42O6/c1-23-29(21-27-13-7-5-8-14-27)17-11-19-31(23)25(3)33(39)35(41)37(43)38(44)36(42)34(40)26(4)32-20-12-18-30(24(32)2)22-28-15-9-6-10-16-28/h5-24,35-44H,1-4H3/t23?,24?,35-,36+,37-,38-/m1/s1. The van der Waals surface area contributed by atoms with Crippen molar-refractivity contribution >= 4 is 12.2 Å². The topological polar surface area (TPSA) is 121 Å². The van der Waals surface area contributed by atoms with Crippen molar-refractivity contribution in [2.45, 2.75) is 52.1 Å². The minimum atomic E-state index is -1.99. The molecule has 6 atom stereocenters. The zero-order chi connectivity index (χ0) is 32.0. The van der Waals surface area contributed by atoms with E-state index in [0.29, 0.717) is 11.1 Å². The van der Waals surface area contributed by atoms with E-state index in [1.165, 1.54) is 0 Å². The van der Waals surface area contributed by atoms with E-state index in [2.05, 4.69) is 0 Å². The zero-order valence-electron chi connectivity index (χ0n) is 25.5. The smallest absolute Gasteiger partial charge is 0.139 e. The SMILES string of the molecule is CC(C1=CC=CC(=Cc2ccccc2)C1C)=C(O)[C@@H](O)[C@@H](O)[C@H](O)[C@@H](O)C(O)=C(C)C1=CC=CC(=Cc2ccccc2)C1C. The van der Waals surface area contributed by atoms with E-state index in [9.17, 15) is 30.6 Å². The van der Waals surface area contributed by atoms with Gasteiger partial charge in [0.1, 0.15) is 35.9 Å². The molecule has 0 aromatic heterocycles. The van der Waals surface area contributed by atoms with Gasteiger partial charge in [-0.15, -0.1) is 0 Å². The summed E-state index contributed by atoms with van der Waals surface area (Å²) in [5, 5.41) is 65.3. The molecule has 0 saturated heterocycles. The molecular weight excluding hydrogens is 552 g/mol. The molecule has 6 heteroatoms. The molecule has 6 nitrogen and oxygen atoms in total. The van der Waals surface area contributed by atoms with Crippen molar-refractivity contribution in [3.8, 4) is 0 Å². The predicted octanol–water partition coefficient (Wildman–Crippen LogP) is 6.53. The number of aliphatic hydroxyl groups is 6. The normalized spacial score (nSPS) is 24.2. The van der Waals surface area contributed by atoms with Crippen LogP contribution in [0.4, 0.5) is 0 Å². The molecule has 2 aromatic carbocycles. The molecule has 44 heavy (non-hydrogen) atoms. The van der Waals surface area contributed by atoms with Crippen molar-refractivity contribution in [1.82, 2.24) is 0 Å². The molecule has 0 fully saturated rings. The van der Waals surface area contributed by atoms with Gasteiger partial charge >= 0.3 is 0 Å². The van der Waals surface area contributed by atoms with E-state index < -0.39 is 35.9 Å². The molecule has 4 rings (SSSR count). The van der Waals surface area contributed by atoms with Gasteiger partial charge in [0.15, 0.2) is 0 Å². The Balaban J connectivity index is 1.50. The second kappa shape index (κ2) is 14.5. The Morgan fingerprint density at radius 3 is 1.27 bits per heavy atom. The van der Waals surface area contributed by atoms with Gasteiger partial charge in [-0.1, -0.05) is 123 Å². The molecule has 6 N–H and O–H groups in total. The number of hydrogen-bond acceptors (Lipinski definition) is 6. The van der Waals surface area contributed by atoms with E-state index in [-0.39, 0.29) is 11.8 Å². The van der Waals surface area contributed by atoms with Crippen LogP contribution in [0, 0.1) is 11.8 Å². The first-order valence-electron chi connectivity index (χ1n) is 14.8. The molecule has 0 amide bonds. The average molecular weight is 595 g/mol. The number of hydrogen-bond donors (Lipinski definition) is 6. The third-order valence-corrected chi connectivity index (χ3v) is 8.52. The van der Waals surface area contributed by atoms with Crippen LogP contribution in [0.25, 0.3) is 12.2 Å². The molecule has 0 radical (unpaired) electrons. The molecule has 2 unspecified atom stereocenters. The first kappa shape index (κ1) is 32.7. The summed E-state index contributed by atoms with van der Waals surface area (Å²) in [6.45, 7) is 7.21. The lowest BCUT2D eigenvalue weighted by molar-refractivity contribution is -0.101. The maximum Gasteiger partial charge on any atom is 0.139 e. The summed E-state index contributed by atoms with van der Waals surface area (Å²) in [6.07, 6.45) is 7.60. The fraction of sp³-hybridized carbons (Fsp3) is 0.263. The molecule has 2 aromatic rings. The summed E-state index contributed by atoms with van der Waals surface area (Å²) in [7, 11) is 0. The Kier molecular flexibility index (Phi) is 10.8. The maximum atomic E-state index is 11.0. The van der Waals surface area contributed by atoms with Crippen LogP contribution in [-0.4, -0.2) is 55.1 Å². The maximum absolute atomic E-state index is 11.0. The first-order chi connectivity index (χ1) is 21.0. The van der Waals surface area contributed by atoms with Crippen molar-refractivity contribution in [2.24, 2.45) is 11.8 Å². The highest BCUT2D eigenvalue weighted by Crippen LogP contribution is 2.35. The summed E-state index contributed by atoms with van der Waals surface area (Å²) in [5.41, 5.74) is 6.21. The lowest BCUT2D eigenvalue weighted by Gasteiger charge is -2.29. The predicted molar refractivity (Wildman–Crippen MR) is 176 cm³/mol. The zero-order valence-corrected chi connectivity index (χ0v) is 25.5. The molecule has 0 spiro atoms. The second-order valence-electron chi connectivity index (χ2n) is 11.4. The summed E-state index contributed by atoms with van der Waals surface area (Å²) < 4.78 is 0. The van der Waals surface area contributed by atoms with E-state index in [1.807, 2.05) is 123 Å². The van der Waals surface area contributed by atoms with Crippen LogP contribution in [0.2, 0.25) is 0 Å². The van der Waals surface area contributed by atoms with Crippen LogP contribution < -0.4 is 0 Å². The summed E-state index contributed by atoms with van der Waals surface area (Å²) in [4.78, 5) is 0. The fourth-order valence-electron chi connectivity index (χ4n) is 5.63. The van der Waals surface area contributed by atoms with Crippen LogP contribution in [0.15, 0.2) is 142 Å². The van der Waals surface area contributed by atoms with Crippen LogP contribution in [0.3, 0.4) is 0 Å². The Morgan fingerprint density at radius 2 is 0.932 bits per heavy atom. The van der Waals surface area contributed by atoms with E-state index in [0.717, 1.165) is 33.4 Å². The van der Waals surface area contributed by atoms with Gasteiger partial charge < -0.3 is 30.6 Å². The molecule has 230 valence electrons. The minimum absolute atomic E-state index is 0.127. The Bertz CT molecular complexity index is 1450.